The smallest absolute Gasteiger partial charge is 0.231 e. The molecule has 0 aliphatic carbocycles. The molecule has 2 aromatic rings. The van der Waals surface area contributed by atoms with E-state index in [0.29, 0.717) is 17.1 Å². The van der Waals surface area contributed by atoms with Gasteiger partial charge in [0.15, 0.2) is 11.5 Å². The van der Waals surface area contributed by atoms with Gasteiger partial charge in [-0.25, -0.2) is 0 Å². The average molecular weight is 333 g/mol. The van der Waals surface area contributed by atoms with Crippen LogP contribution < -0.4 is 9.47 Å². The second kappa shape index (κ2) is 6.45. The summed E-state index contributed by atoms with van der Waals surface area (Å²) in [5.41, 5.74) is 2.47. The highest BCUT2D eigenvalue weighted by molar-refractivity contribution is 6.14. The van der Waals surface area contributed by atoms with Crippen molar-refractivity contribution in [2.75, 3.05) is 6.79 Å². The van der Waals surface area contributed by atoms with Crippen LogP contribution in [0.4, 0.5) is 0 Å². The van der Waals surface area contributed by atoms with E-state index >= 15 is 0 Å². The third-order valence-electron chi connectivity index (χ3n) is 4.09. The predicted octanol–water partition coefficient (Wildman–Crippen LogP) is 4.50. The first kappa shape index (κ1) is 16.8. The largest absolute Gasteiger partial charge is 0.454 e. The number of nitriles is 1. The van der Waals surface area contributed by atoms with Crippen LogP contribution in [0.15, 0.2) is 48.0 Å². The summed E-state index contributed by atoms with van der Waals surface area (Å²) >= 11 is 0. The van der Waals surface area contributed by atoms with Crippen molar-refractivity contribution in [3.63, 3.8) is 0 Å². The van der Waals surface area contributed by atoms with Crippen LogP contribution in [0.3, 0.4) is 0 Å². The number of fused-ring (bicyclic) bond motifs is 1. The maximum Gasteiger partial charge on any atom is 0.231 e. The van der Waals surface area contributed by atoms with Crippen molar-refractivity contribution in [1.82, 2.24) is 0 Å². The number of carbonyl (C=O) groups is 1. The zero-order chi connectivity index (χ0) is 18.0. The lowest BCUT2D eigenvalue weighted by Gasteiger charge is -2.18. The van der Waals surface area contributed by atoms with Gasteiger partial charge >= 0.3 is 0 Å². The summed E-state index contributed by atoms with van der Waals surface area (Å²) in [7, 11) is 0. The molecule has 2 aromatic carbocycles. The van der Waals surface area contributed by atoms with Crippen molar-refractivity contribution in [1.29, 1.82) is 5.26 Å². The van der Waals surface area contributed by atoms with Crippen LogP contribution in [-0.2, 0) is 5.41 Å². The number of rotatable bonds is 3. The Morgan fingerprint density at radius 1 is 1.08 bits per heavy atom. The molecule has 1 aliphatic heterocycles. The highest BCUT2D eigenvalue weighted by Gasteiger charge is 2.17. The third kappa shape index (κ3) is 3.56. The fourth-order valence-corrected chi connectivity index (χ4v) is 2.60. The second-order valence-corrected chi connectivity index (χ2v) is 6.94. The molecule has 0 N–H and O–H groups in total. The topological polar surface area (TPSA) is 59.3 Å². The average Bonchev–Trinajstić information content (AvgIpc) is 3.06. The molecule has 0 aromatic heterocycles. The van der Waals surface area contributed by atoms with Gasteiger partial charge in [-0.3, -0.25) is 4.79 Å². The van der Waals surface area contributed by atoms with Crippen LogP contribution in [-0.4, -0.2) is 12.6 Å². The summed E-state index contributed by atoms with van der Waals surface area (Å²) in [5.74, 6) is 0.994. The molecule has 0 saturated heterocycles. The molecule has 0 bridgehead atoms. The maximum absolute atomic E-state index is 12.6. The molecule has 0 spiro atoms. The van der Waals surface area contributed by atoms with Gasteiger partial charge in [-0.05, 0) is 34.8 Å². The Kier molecular flexibility index (Phi) is 4.33. The van der Waals surface area contributed by atoms with E-state index < -0.39 is 0 Å². The molecule has 4 nitrogen and oxygen atoms in total. The van der Waals surface area contributed by atoms with Gasteiger partial charge in [0.2, 0.25) is 12.6 Å². The Labute approximate surface area is 147 Å². The molecular formula is C21H19NO3. The molecule has 0 atom stereocenters. The first-order chi connectivity index (χ1) is 11.9. The number of Topliss-reactive ketones (excluding diaryl/α,β-unsaturated/α-hetero) is 1. The van der Waals surface area contributed by atoms with E-state index in [1.165, 1.54) is 0 Å². The van der Waals surface area contributed by atoms with Crippen molar-refractivity contribution < 1.29 is 14.3 Å². The lowest BCUT2D eigenvalue weighted by atomic mass is 9.86. The number of carbonyl (C=O) groups excluding carboxylic acids is 1. The molecule has 4 heteroatoms. The van der Waals surface area contributed by atoms with Crippen molar-refractivity contribution in [2.24, 2.45) is 0 Å². The van der Waals surface area contributed by atoms with Gasteiger partial charge in [0.1, 0.15) is 11.6 Å². The number of allylic oxidation sites excluding steroid dienone is 1. The molecule has 0 amide bonds. The van der Waals surface area contributed by atoms with Crippen molar-refractivity contribution in [3.8, 4) is 17.6 Å². The maximum atomic E-state index is 12.6. The summed E-state index contributed by atoms with van der Waals surface area (Å²) in [6.45, 7) is 6.53. The Morgan fingerprint density at radius 3 is 2.40 bits per heavy atom. The highest BCUT2D eigenvalue weighted by Crippen LogP contribution is 2.33. The Balaban J connectivity index is 1.88. The quantitative estimate of drug-likeness (QED) is 0.471. The van der Waals surface area contributed by atoms with Gasteiger partial charge in [0.05, 0.1) is 0 Å². The first-order valence-corrected chi connectivity index (χ1v) is 8.05. The minimum Gasteiger partial charge on any atom is -0.454 e. The van der Waals surface area contributed by atoms with Gasteiger partial charge in [0, 0.05) is 5.56 Å². The molecule has 0 saturated carbocycles. The number of hydrogen-bond acceptors (Lipinski definition) is 4. The van der Waals surface area contributed by atoms with Crippen LogP contribution in [0.5, 0.6) is 11.5 Å². The minimum atomic E-state index is -0.291. The fraction of sp³-hybridized carbons (Fsp3) is 0.238. The van der Waals surface area contributed by atoms with Crippen molar-refractivity contribution >= 4 is 11.9 Å². The highest BCUT2D eigenvalue weighted by atomic mass is 16.7. The second-order valence-electron chi connectivity index (χ2n) is 6.94. The molecule has 126 valence electrons. The summed E-state index contributed by atoms with van der Waals surface area (Å²) < 4.78 is 10.6. The molecule has 0 radical (unpaired) electrons. The normalized spacial score (nSPS) is 13.4. The van der Waals surface area contributed by atoms with E-state index in [1.54, 1.807) is 36.4 Å². The Morgan fingerprint density at radius 2 is 1.76 bits per heavy atom. The van der Waals surface area contributed by atoms with E-state index in [0.717, 1.165) is 11.1 Å². The lowest BCUT2D eigenvalue weighted by Crippen LogP contribution is -2.11. The van der Waals surface area contributed by atoms with E-state index in [9.17, 15) is 10.1 Å². The number of nitrogens with zero attached hydrogens (tertiary/aromatic N) is 1. The zero-order valence-electron chi connectivity index (χ0n) is 14.5. The molecule has 1 heterocycles. The van der Waals surface area contributed by atoms with Crippen LogP contribution in [0, 0.1) is 11.3 Å². The number of ether oxygens (including phenoxy) is 2. The van der Waals surface area contributed by atoms with Crippen LogP contribution in [0.25, 0.3) is 6.08 Å². The Bertz CT molecular complexity index is 881. The van der Waals surface area contributed by atoms with Crippen LogP contribution >= 0.6 is 0 Å². The van der Waals surface area contributed by atoms with Gasteiger partial charge in [-0.1, -0.05) is 51.1 Å². The SMILES string of the molecule is CC(C)(C)c1ccc(C(=O)/C(C#N)=C/c2ccc3c(c2)OCO3)cc1. The Hall–Kier alpha value is -3.06. The fourth-order valence-electron chi connectivity index (χ4n) is 2.60. The number of benzene rings is 2. The van der Waals surface area contributed by atoms with Gasteiger partial charge in [-0.15, -0.1) is 0 Å². The van der Waals surface area contributed by atoms with E-state index in [2.05, 4.69) is 20.8 Å². The van der Waals surface area contributed by atoms with Crippen molar-refractivity contribution in [2.45, 2.75) is 26.2 Å². The zero-order valence-corrected chi connectivity index (χ0v) is 14.5. The van der Waals surface area contributed by atoms with E-state index in [4.69, 9.17) is 9.47 Å². The molecule has 0 fully saturated rings. The summed E-state index contributed by atoms with van der Waals surface area (Å²) in [4.78, 5) is 12.6. The number of hydrogen-bond donors (Lipinski definition) is 0. The molecule has 25 heavy (non-hydrogen) atoms. The third-order valence-corrected chi connectivity index (χ3v) is 4.09. The molecular weight excluding hydrogens is 314 g/mol. The van der Waals surface area contributed by atoms with Crippen molar-refractivity contribution in [3.05, 3.63) is 64.7 Å². The van der Waals surface area contributed by atoms with E-state index in [-0.39, 0.29) is 23.6 Å². The number of ketones is 1. The standard InChI is InChI=1S/C21H19NO3/c1-21(2,3)17-7-5-15(6-8-17)20(23)16(12-22)10-14-4-9-18-19(11-14)25-13-24-18/h4-11H,13H2,1-3H3/b16-10+. The molecule has 3 rings (SSSR count). The van der Waals surface area contributed by atoms with Gasteiger partial charge in [-0.2, -0.15) is 5.26 Å². The predicted molar refractivity (Wildman–Crippen MR) is 95.6 cm³/mol. The minimum absolute atomic E-state index is 0.0158. The van der Waals surface area contributed by atoms with E-state index in [1.807, 2.05) is 18.2 Å². The monoisotopic (exact) mass is 333 g/mol. The molecule has 0 unspecified atom stereocenters. The first-order valence-electron chi connectivity index (χ1n) is 8.05. The summed E-state index contributed by atoms with van der Waals surface area (Å²) in [6, 6.07) is 14.7. The summed E-state index contributed by atoms with van der Waals surface area (Å²) in [6.07, 6.45) is 1.57. The molecule has 1 aliphatic rings. The van der Waals surface area contributed by atoms with Crippen LogP contribution in [0.1, 0.15) is 42.3 Å². The lowest BCUT2D eigenvalue weighted by molar-refractivity contribution is 0.104. The van der Waals surface area contributed by atoms with Crippen LogP contribution in [0.2, 0.25) is 0 Å². The summed E-state index contributed by atoms with van der Waals surface area (Å²) in [5, 5.41) is 9.40. The van der Waals surface area contributed by atoms with Gasteiger partial charge < -0.3 is 9.47 Å². The van der Waals surface area contributed by atoms with Gasteiger partial charge in [0.25, 0.3) is 0 Å².